The fourth-order valence-corrected chi connectivity index (χ4v) is 1.61. The van der Waals surface area contributed by atoms with Crippen LogP contribution in [-0.2, 0) is 0 Å². The molecule has 3 heteroatoms. The van der Waals surface area contributed by atoms with Crippen LogP contribution in [0.2, 0.25) is 0 Å². The second-order valence-electron chi connectivity index (χ2n) is 4.17. The van der Waals surface area contributed by atoms with Crippen LogP contribution in [-0.4, -0.2) is 30.6 Å². The number of rotatable bonds is 9. The van der Waals surface area contributed by atoms with Crippen LogP contribution in [0.15, 0.2) is 12.2 Å². The Morgan fingerprint density at radius 1 is 1.33 bits per heavy atom. The minimum Gasteiger partial charge on any atom is -0.304 e. The zero-order valence-corrected chi connectivity index (χ0v) is 10.6. The van der Waals surface area contributed by atoms with Gasteiger partial charge in [0, 0.05) is 6.04 Å². The van der Waals surface area contributed by atoms with Gasteiger partial charge in [-0.1, -0.05) is 19.4 Å². The molecule has 0 bridgehead atoms. The van der Waals surface area contributed by atoms with Gasteiger partial charge in [0.1, 0.15) is 0 Å². The Hall–Kier alpha value is -0.380. The first-order chi connectivity index (χ1) is 7.13. The van der Waals surface area contributed by atoms with Crippen molar-refractivity contribution in [3.05, 3.63) is 12.2 Å². The molecule has 3 N–H and O–H groups in total. The average molecular weight is 213 g/mol. The third-order valence-electron chi connectivity index (χ3n) is 2.84. The molecule has 0 aliphatic carbocycles. The molecule has 90 valence electrons. The topological polar surface area (TPSA) is 41.3 Å². The predicted molar refractivity (Wildman–Crippen MR) is 67.6 cm³/mol. The Morgan fingerprint density at radius 3 is 2.33 bits per heavy atom. The van der Waals surface area contributed by atoms with Crippen molar-refractivity contribution in [3.63, 3.8) is 0 Å². The minimum absolute atomic E-state index is 0.419. The summed E-state index contributed by atoms with van der Waals surface area (Å²) >= 11 is 0. The fourth-order valence-electron chi connectivity index (χ4n) is 1.61. The molecule has 0 aromatic carbocycles. The van der Waals surface area contributed by atoms with Crippen molar-refractivity contribution in [3.8, 4) is 0 Å². The largest absolute Gasteiger partial charge is 0.304 e. The first kappa shape index (κ1) is 14.6. The molecule has 0 aromatic rings. The van der Waals surface area contributed by atoms with Gasteiger partial charge in [-0.3, -0.25) is 11.3 Å². The molecule has 15 heavy (non-hydrogen) atoms. The van der Waals surface area contributed by atoms with E-state index in [4.69, 9.17) is 5.84 Å². The van der Waals surface area contributed by atoms with Gasteiger partial charge in [-0.2, -0.15) is 0 Å². The van der Waals surface area contributed by atoms with E-state index in [2.05, 4.69) is 37.7 Å². The van der Waals surface area contributed by atoms with Crippen LogP contribution in [0, 0.1) is 0 Å². The van der Waals surface area contributed by atoms with E-state index < -0.39 is 0 Å². The first-order valence-corrected chi connectivity index (χ1v) is 5.96. The van der Waals surface area contributed by atoms with Crippen molar-refractivity contribution in [2.45, 2.75) is 46.1 Å². The molecule has 0 amide bonds. The maximum Gasteiger partial charge on any atom is 0.0225 e. The lowest BCUT2D eigenvalue weighted by molar-refractivity contribution is 0.278. The normalized spacial score (nSPS) is 13.1. The predicted octanol–water partition coefficient (Wildman–Crippen LogP) is 1.91. The summed E-state index contributed by atoms with van der Waals surface area (Å²) in [6.45, 7) is 13.7. The summed E-state index contributed by atoms with van der Waals surface area (Å²) < 4.78 is 0. The van der Waals surface area contributed by atoms with Gasteiger partial charge in [0.05, 0.1) is 0 Å². The van der Waals surface area contributed by atoms with E-state index in [9.17, 15) is 0 Å². The van der Waals surface area contributed by atoms with Crippen molar-refractivity contribution in [2.24, 2.45) is 5.84 Å². The van der Waals surface area contributed by atoms with Crippen LogP contribution in [0.5, 0.6) is 0 Å². The van der Waals surface area contributed by atoms with Gasteiger partial charge < -0.3 is 4.90 Å². The zero-order valence-electron chi connectivity index (χ0n) is 10.6. The zero-order chi connectivity index (χ0) is 11.7. The molecular formula is C12H27N3. The van der Waals surface area contributed by atoms with Gasteiger partial charge >= 0.3 is 0 Å². The molecule has 0 rings (SSSR count). The summed E-state index contributed by atoms with van der Waals surface area (Å²) in [5.74, 6) is 5.53. The highest BCUT2D eigenvalue weighted by Gasteiger charge is 2.08. The van der Waals surface area contributed by atoms with Crippen LogP contribution in [0.4, 0.5) is 0 Å². The Balaban J connectivity index is 3.73. The highest BCUT2D eigenvalue weighted by molar-refractivity contribution is 4.89. The molecule has 0 saturated carbocycles. The monoisotopic (exact) mass is 213 g/mol. The van der Waals surface area contributed by atoms with Crippen LogP contribution in [0.25, 0.3) is 0 Å². The van der Waals surface area contributed by atoms with Crippen LogP contribution in [0.1, 0.15) is 40.0 Å². The number of nitrogens with two attached hydrogens (primary N) is 1. The highest BCUT2D eigenvalue weighted by atomic mass is 15.2. The maximum absolute atomic E-state index is 5.53. The number of hydrogen-bond donors (Lipinski definition) is 2. The maximum atomic E-state index is 5.53. The molecule has 0 spiro atoms. The summed E-state index contributed by atoms with van der Waals surface area (Å²) in [5, 5.41) is 0. The lowest BCUT2D eigenvalue weighted by Gasteiger charge is -2.22. The second-order valence-corrected chi connectivity index (χ2v) is 4.17. The third kappa shape index (κ3) is 7.54. The van der Waals surface area contributed by atoms with E-state index in [0.29, 0.717) is 6.04 Å². The van der Waals surface area contributed by atoms with E-state index in [1.165, 1.54) is 5.57 Å². The number of nitrogens with one attached hydrogen (secondary N) is 1. The molecule has 0 heterocycles. The fraction of sp³-hybridized carbons (Fsp3) is 0.833. The molecule has 0 radical (unpaired) electrons. The minimum atomic E-state index is 0.419. The summed E-state index contributed by atoms with van der Waals surface area (Å²) in [4.78, 5) is 2.42. The molecule has 0 aromatic heterocycles. The third-order valence-corrected chi connectivity index (χ3v) is 2.84. The van der Waals surface area contributed by atoms with Crippen LogP contribution < -0.4 is 11.3 Å². The molecule has 0 saturated heterocycles. The lowest BCUT2D eigenvalue weighted by atomic mass is 10.1. The van der Waals surface area contributed by atoms with Gasteiger partial charge in [0.25, 0.3) is 0 Å². The molecule has 0 aliphatic heterocycles. The molecule has 1 atom stereocenters. The Labute approximate surface area is 94.7 Å². The van der Waals surface area contributed by atoms with E-state index in [0.717, 1.165) is 38.9 Å². The van der Waals surface area contributed by atoms with Gasteiger partial charge in [0.2, 0.25) is 0 Å². The van der Waals surface area contributed by atoms with Gasteiger partial charge in [-0.05, 0) is 45.8 Å². The van der Waals surface area contributed by atoms with Crippen molar-refractivity contribution in [1.29, 1.82) is 0 Å². The molecule has 3 nitrogen and oxygen atoms in total. The number of hydrogen-bond acceptors (Lipinski definition) is 3. The van der Waals surface area contributed by atoms with Gasteiger partial charge in [0.15, 0.2) is 0 Å². The van der Waals surface area contributed by atoms with Crippen LogP contribution >= 0.6 is 0 Å². The van der Waals surface area contributed by atoms with Crippen molar-refractivity contribution in [2.75, 3.05) is 19.6 Å². The highest BCUT2D eigenvalue weighted by Crippen LogP contribution is 2.07. The number of hydrazine groups is 1. The van der Waals surface area contributed by atoms with E-state index in [1.807, 2.05) is 0 Å². The van der Waals surface area contributed by atoms with Crippen LogP contribution in [0.3, 0.4) is 0 Å². The Bertz CT molecular complexity index is 164. The summed E-state index contributed by atoms with van der Waals surface area (Å²) in [6.07, 6.45) is 3.27. The molecule has 1 unspecified atom stereocenters. The summed E-state index contributed by atoms with van der Waals surface area (Å²) in [6, 6.07) is 0.419. The van der Waals surface area contributed by atoms with Gasteiger partial charge in [-0.25, -0.2) is 0 Å². The lowest BCUT2D eigenvalue weighted by Crippen LogP contribution is -2.38. The van der Waals surface area contributed by atoms with E-state index >= 15 is 0 Å². The summed E-state index contributed by atoms with van der Waals surface area (Å²) in [7, 11) is 0. The number of nitrogens with zero attached hydrogens (tertiary/aromatic N) is 1. The molecule has 0 aliphatic rings. The Morgan fingerprint density at radius 2 is 1.93 bits per heavy atom. The van der Waals surface area contributed by atoms with Crippen molar-refractivity contribution in [1.82, 2.24) is 10.3 Å². The second kappa shape index (κ2) is 8.89. The quantitative estimate of drug-likeness (QED) is 0.349. The van der Waals surface area contributed by atoms with E-state index in [-0.39, 0.29) is 0 Å². The van der Waals surface area contributed by atoms with Crippen molar-refractivity contribution < 1.29 is 0 Å². The van der Waals surface area contributed by atoms with Gasteiger partial charge in [-0.15, -0.1) is 6.58 Å². The Kier molecular flexibility index (Phi) is 8.67. The van der Waals surface area contributed by atoms with Crippen molar-refractivity contribution >= 4 is 0 Å². The first-order valence-electron chi connectivity index (χ1n) is 5.96. The average Bonchev–Trinajstić information content (AvgIpc) is 2.23. The standard InChI is InChI=1S/C12H27N3/c1-5-15(6-2)10-9-12(14-13)8-7-11(3)4/h12,14H,3,5-10,13H2,1-2,4H3. The van der Waals surface area contributed by atoms with E-state index in [1.54, 1.807) is 0 Å². The molecule has 0 fully saturated rings. The smallest absolute Gasteiger partial charge is 0.0225 e. The SMILES string of the molecule is C=C(C)CCC(CCN(CC)CC)NN. The number of allylic oxidation sites excluding steroid dienone is 1. The molecular weight excluding hydrogens is 186 g/mol. The summed E-state index contributed by atoms with van der Waals surface area (Å²) in [5.41, 5.74) is 4.13.